The lowest BCUT2D eigenvalue weighted by atomic mass is 10.1. The average Bonchev–Trinajstić information content (AvgIpc) is 2.83. The number of hydrazine groups is 1. The number of hydrogen-bond donors (Lipinski definition) is 3. The number of ether oxygens (including phenoxy) is 1. The molecular formula is C19H19Cl2N3O3. The molecule has 6 nitrogen and oxygen atoms in total. The summed E-state index contributed by atoms with van der Waals surface area (Å²) in [6, 6.07) is 11.6. The highest BCUT2D eigenvalue weighted by Crippen LogP contribution is 2.41. The van der Waals surface area contributed by atoms with Gasteiger partial charge in [0, 0.05) is 22.9 Å². The summed E-state index contributed by atoms with van der Waals surface area (Å²) in [5, 5.41) is 3.66. The van der Waals surface area contributed by atoms with Crippen LogP contribution in [0.1, 0.15) is 30.9 Å². The first-order chi connectivity index (χ1) is 13.1. The molecule has 2 aromatic carbocycles. The Morgan fingerprint density at radius 1 is 1.07 bits per heavy atom. The Morgan fingerprint density at radius 2 is 1.89 bits per heavy atom. The van der Waals surface area contributed by atoms with Gasteiger partial charge in [0.15, 0.2) is 5.75 Å². The second kappa shape index (κ2) is 8.97. The number of para-hydroxylation sites is 1. The molecule has 1 atom stereocenters. The van der Waals surface area contributed by atoms with E-state index in [1.54, 1.807) is 30.3 Å². The summed E-state index contributed by atoms with van der Waals surface area (Å²) in [5.74, 6) is 0.941. The van der Waals surface area contributed by atoms with E-state index in [2.05, 4.69) is 16.2 Å². The molecule has 0 saturated carbocycles. The number of halogens is 2. The largest absolute Gasteiger partial charge is 0.455 e. The Morgan fingerprint density at radius 3 is 2.70 bits per heavy atom. The number of benzene rings is 2. The fourth-order valence-electron chi connectivity index (χ4n) is 2.72. The third-order valence-electron chi connectivity index (χ3n) is 4.07. The molecule has 1 aliphatic heterocycles. The van der Waals surface area contributed by atoms with Gasteiger partial charge in [-0.15, -0.1) is 11.6 Å². The van der Waals surface area contributed by atoms with Crippen molar-refractivity contribution in [2.45, 2.75) is 25.3 Å². The topological polar surface area (TPSA) is 79.5 Å². The summed E-state index contributed by atoms with van der Waals surface area (Å²) in [5.41, 5.74) is 6.15. The number of rotatable bonds is 5. The van der Waals surface area contributed by atoms with Crippen LogP contribution in [0.15, 0.2) is 42.5 Å². The minimum Gasteiger partial charge on any atom is -0.455 e. The highest BCUT2D eigenvalue weighted by atomic mass is 35.5. The van der Waals surface area contributed by atoms with Gasteiger partial charge in [0.25, 0.3) is 5.91 Å². The van der Waals surface area contributed by atoms with Crippen LogP contribution in [0.4, 0.5) is 5.69 Å². The van der Waals surface area contributed by atoms with Gasteiger partial charge in [0.05, 0.1) is 5.69 Å². The third kappa shape index (κ3) is 4.84. The summed E-state index contributed by atoms with van der Waals surface area (Å²) < 4.78 is 5.93. The van der Waals surface area contributed by atoms with Gasteiger partial charge in [-0.25, -0.2) is 0 Å². The lowest BCUT2D eigenvalue weighted by Gasteiger charge is -2.19. The van der Waals surface area contributed by atoms with Gasteiger partial charge in [-0.2, -0.15) is 0 Å². The second-order valence-corrected chi connectivity index (χ2v) is 6.86. The minimum atomic E-state index is -0.760. The molecule has 142 valence electrons. The van der Waals surface area contributed by atoms with Crippen molar-refractivity contribution in [2.24, 2.45) is 0 Å². The fraction of sp³-hybridized carbons (Fsp3) is 0.263. The van der Waals surface area contributed by atoms with Crippen LogP contribution in [0.2, 0.25) is 5.02 Å². The molecule has 2 amide bonds. The Balaban J connectivity index is 1.76. The Hall–Kier alpha value is -2.44. The third-order valence-corrected chi connectivity index (χ3v) is 4.57. The van der Waals surface area contributed by atoms with Gasteiger partial charge in [0.2, 0.25) is 5.91 Å². The molecule has 8 heteroatoms. The molecule has 0 bridgehead atoms. The van der Waals surface area contributed by atoms with Gasteiger partial charge >= 0.3 is 0 Å². The molecule has 3 rings (SSSR count). The van der Waals surface area contributed by atoms with Crippen molar-refractivity contribution >= 4 is 40.7 Å². The minimum absolute atomic E-state index is 0.268. The first kappa shape index (κ1) is 19.3. The number of hydrogen-bond acceptors (Lipinski definition) is 4. The Bertz CT molecular complexity index is 845. The van der Waals surface area contributed by atoms with E-state index >= 15 is 0 Å². The molecule has 2 aromatic rings. The normalized spacial score (nSPS) is 14.7. The van der Waals surface area contributed by atoms with E-state index in [1.165, 1.54) is 0 Å². The first-order valence-corrected chi connectivity index (χ1v) is 9.47. The standard InChI is InChI=1S/C19H19Cl2N3O3/c20-10-4-3-7-17(25)23-24-19(26)18-13-5-1-2-6-15(13)27-16-9-8-12(21)11-14(16)22-18/h1-2,5-6,8-9,11,18,22H,3-4,7,10H2,(H,23,25)(H,24,26). The highest BCUT2D eigenvalue weighted by molar-refractivity contribution is 6.31. The van der Waals surface area contributed by atoms with Crippen molar-refractivity contribution in [3.8, 4) is 11.5 Å². The Kier molecular flexibility index (Phi) is 6.42. The van der Waals surface area contributed by atoms with E-state index in [9.17, 15) is 9.59 Å². The van der Waals surface area contributed by atoms with Gasteiger partial charge in [0.1, 0.15) is 11.8 Å². The van der Waals surface area contributed by atoms with Crippen LogP contribution >= 0.6 is 23.2 Å². The maximum atomic E-state index is 12.7. The average molecular weight is 408 g/mol. The zero-order valence-electron chi connectivity index (χ0n) is 14.4. The first-order valence-electron chi connectivity index (χ1n) is 8.56. The van der Waals surface area contributed by atoms with Crippen molar-refractivity contribution in [3.63, 3.8) is 0 Å². The van der Waals surface area contributed by atoms with Crippen LogP contribution in [0, 0.1) is 0 Å². The molecule has 27 heavy (non-hydrogen) atoms. The fourth-order valence-corrected chi connectivity index (χ4v) is 3.08. The van der Waals surface area contributed by atoms with Crippen LogP contribution in [0.3, 0.4) is 0 Å². The number of unbranched alkanes of at least 4 members (excludes halogenated alkanes) is 1. The predicted molar refractivity (Wildman–Crippen MR) is 105 cm³/mol. The summed E-state index contributed by atoms with van der Waals surface area (Å²) in [4.78, 5) is 24.6. The molecule has 0 fully saturated rings. The zero-order chi connectivity index (χ0) is 19.2. The smallest absolute Gasteiger partial charge is 0.265 e. The van der Waals surface area contributed by atoms with Crippen LogP contribution in [0.25, 0.3) is 0 Å². The van der Waals surface area contributed by atoms with Crippen LogP contribution in [0.5, 0.6) is 11.5 Å². The van der Waals surface area contributed by atoms with Gasteiger partial charge in [-0.05, 0) is 37.1 Å². The maximum absolute atomic E-state index is 12.7. The van der Waals surface area contributed by atoms with Gasteiger partial charge in [-0.1, -0.05) is 29.8 Å². The quantitative estimate of drug-likeness (QED) is 0.395. The molecule has 0 saturated heterocycles. The summed E-state index contributed by atoms with van der Waals surface area (Å²) in [7, 11) is 0. The second-order valence-electron chi connectivity index (χ2n) is 6.04. The van der Waals surface area contributed by atoms with Crippen LogP contribution in [-0.4, -0.2) is 17.7 Å². The van der Waals surface area contributed by atoms with E-state index in [1.807, 2.05) is 12.1 Å². The molecule has 0 spiro atoms. The number of amides is 2. The lowest BCUT2D eigenvalue weighted by molar-refractivity contribution is -0.129. The number of fused-ring (bicyclic) bond motifs is 2. The van der Waals surface area contributed by atoms with Crippen molar-refractivity contribution in [1.29, 1.82) is 0 Å². The Labute approximate surface area is 167 Å². The molecule has 3 N–H and O–H groups in total. The van der Waals surface area contributed by atoms with Gasteiger partial charge < -0.3 is 10.1 Å². The number of nitrogens with one attached hydrogen (secondary N) is 3. The van der Waals surface area contributed by atoms with Crippen LogP contribution < -0.4 is 20.9 Å². The van der Waals surface area contributed by atoms with E-state index in [4.69, 9.17) is 27.9 Å². The number of alkyl halides is 1. The zero-order valence-corrected chi connectivity index (χ0v) is 15.9. The van der Waals surface area contributed by atoms with Crippen molar-refractivity contribution < 1.29 is 14.3 Å². The lowest BCUT2D eigenvalue weighted by Crippen LogP contribution is -2.45. The number of anilines is 1. The van der Waals surface area contributed by atoms with Gasteiger partial charge in [-0.3, -0.25) is 20.4 Å². The summed E-state index contributed by atoms with van der Waals surface area (Å²) in [6.07, 6.45) is 1.70. The molecular weight excluding hydrogens is 389 g/mol. The summed E-state index contributed by atoms with van der Waals surface area (Å²) >= 11 is 11.7. The molecule has 1 heterocycles. The van der Waals surface area contributed by atoms with Crippen LogP contribution in [-0.2, 0) is 9.59 Å². The van der Waals surface area contributed by atoms with E-state index in [0.717, 1.165) is 6.42 Å². The summed E-state index contributed by atoms with van der Waals surface area (Å²) in [6.45, 7) is 0. The predicted octanol–water partition coefficient (Wildman–Crippen LogP) is 4.16. The number of carbonyl (C=O) groups excluding carboxylic acids is 2. The molecule has 0 aliphatic carbocycles. The number of carbonyl (C=O) groups is 2. The van der Waals surface area contributed by atoms with E-state index < -0.39 is 11.9 Å². The van der Waals surface area contributed by atoms with Crippen molar-refractivity contribution in [1.82, 2.24) is 10.9 Å². The molecule has 1 unspecified atom stereocenters. The van der Waals surface area contributed by atoms with E-state index in [0.29, 0.717) is 46.5 Å². The van der Waals surface area contributed by atoms with E-state index in [-0.39, 0.29) is 5.91 Å². The monoisotopic (exact) mass is 407 g/mol. The highest BCUT2D eigenvalue weighted by Gasteiger charge is 2.28. The SMILES string of the molecule is O=C(CCCCCl)NNC(=O)C1Nc2cc(Cl)ccc2Oc2ccccc21. The molecule has 1 aliphatic rings. The molecule has 0 radical (unpaired) electrons. The maximum Gasteiger partial charge on any atom is 0.265 e. The molecule has 0 aromatic heterocycles. The van der Waals surface area contributed by atoms with Crippen molar-refractivity contribution in [3.05, 3.63) is 53.1 Å². The van der Waals surface area contributed by atoms with Crippen molar-refractivity contribution in [2.75, 3.05) is 11.2 Å².